The summed E-state index contributed by atoms with van der Waals surface area (Å²) in [4.78, 5) is 21.3. The topological polar surface area (TPSA) is 96.7 Å². The van der Waals surface area contributed by atoms with Crippen molar-refractivity contribution in [3.63, 3.8) is 0 Å². The minimum Gasteiger partial charge on any atom is -2.00 e. The van der Waals surface area contributed by atoms with Crippen LogP contribution < -0.4 is 5.11 Å². The third-order valence-electron chi connectivity index (χ3n) is 6.45. The average Bonchev–Trinajstić information content (AvgIpc) is 3.09. The molecule has 1 aromatic carbocycles. The third-order valence-corrected chi connectivity index (χ3v) is 7.55. The Kier molecular flexibility index (Phi) is 15.6. The van der Waals surface area contributed by atoms with Gasteiger partial charge in [-0.1, -0.05) is 29.3 Å². The number of hydrogen-bond acceptors (Lipinski definition) is 8. The number of nitrogens with zero attached hydrogens (tertiary/aromatic N) is 3. The third kappa shape index (κ3) is 8.61. The number of halogens is 2. The van der Waals surface area contributed by atoms with Crippen LogP contribution in [0.15, 0.2) is 28.8 Å². The standard InChI is InChI=1S/C24H33Cl2N3O3S2.O.Tc/c1-32-24(31)23-18(16-3-5-19(25)20(26)13-16)14-17-4-6-21(23)29(17)9-2-8-28(10-12-34)15-22(30)27-7-11-33;;/h3,5,13,17,21,33-34H,2,4,6-12,14-15H2,1H3,(H,27,30);;/q;-2;+5/p-3/t17?,21-;;/m1../s1. The molecule has 0 aromatic heterocycles. The number of fused-ring (bicyclic) bond motifs is 2. The first-order valence-electron chi connectivity index (χ1n) is 11.5. The van der Waals surface area contributed by atoms with Crippen molar-refractivity contribution in [3.05, 3.63) is 39.4 Å². The normalized spacial score (nSPS) is 19.8. The van der Waals surface area contributed by atoms with Gasteiger partial charge in [0.15, 0.2) is 0 Å². The molecular formula is C24H30Cl2N3O4S2Tc. The van der Waals surface area contributed by atoms with Crippen LogP contribution in [0.3, 0.4) is 0 Å². The maximum Gasteiger partial charge on any atom is 5.00 e. The number of rotatable bonds is 12. The van der Waals surface area contributed by atoms with E-state index >= 15 is 0 Å². The number of esters is 1. The second-order valence-electron chi connectivity index (χ2n) is 8.52. The van der Waals surface area contributed by atoms with Gasteiger partial charge in [-0.05, 0) is 67.9 Å². The predicted octanol–water partition coefficient (Wildman–Crippen LogP) is 2.58. The number of hydrogen-bond donors (Lipinski definition) is 0. The van der Waals surface area contributed by atoms with Gasteiger partial charge in [0.05, 0.1) is 22.7 Å². The Morgan fingerprint density at radius 2 is 1.97 bits per heavy atom. The summed E-state index contributed by atoms with van der Waals surface area (Å²) >= 11 is 22.4. The summed E-state index contributed by atoms with van der Waals surface area (Å²) in [6, 6.07) is 5.87. The molecule has 12 heteroatoms. The summed E-state index contributed by atoms with van der Waals surface area (Å²) in [7, 11) is 1.42. The molecule has 1 saturated heterocycles. The van der Waals surface area contributed by atoms with Crippen LogP contribution in [-0.4, -0.2) is 85.1 Å². The van der Waals surface area contributed by atoms with E-state index in [1.54, 1.807) is 6.07 Å². The van der Waals surface area contributed by atoms with E-state index < -0.39 is 0 Å². The number of carbonyl (C=O) groups excluding carboxylic acids is 1. The van der Waals surface area contributed by atoms with Crippen molar-refractivity contribution in [1.29, 1.82) is 0 Å². The van der Waals surface area contributed by atoms with Gasteiger partial charge < -0.3 is 50.5 Å². The Morgan fingerprint density at radius 3 is 2.61 bits per heavy atom. The molecule has 0 N–H and O–H groups in total. The Labute approximate surface area is 248 Å². The summed E-state index contributed by atoms with van der Waals surface area (Å²) in [6.45, 7) is 2.91. The van der Waals surface area contributed by atoms with E-state index in [0.717, 1.165) is 55.5 Å². The molecule has 2 aliphatic rings. The van der Waals surface area contributed by atoms with Crippen molar-refractivity contribution in [2.45, 2.75) is 37.8 Å². The molecule has 2 atom stereocenters. The minimum absolute atomic E-state index is 0. The summed E-state index contributed by atoms with van der Waals surface area (Å²) < 4.78 is 5.19. The Balaban J connectivity index is 0.00000324. The summed E-state index contributed by atoms with van der Waals surface area (Å²) in [5.74, 6) is 0.572. The molecule has 2 bridgehead atoms. The Hall–Kier alpha value is -0.291. The molecule has 0 saturated carbocycles. The maximum absolute atomic E-state index is 12.9. The van der Waals surface area contributed by atoms with Crippen molar-refractivity contribution in [2.75, 3.05) is 51.3 Å². The van der Waals surface area contributed by atoms with E-state index in [4.69, 9.17) is 53.2 Å². The molecule has 2 aliphatic heterocycles. The van der Waals surface area contributed by atoms with Gasteiger partial charge in [0.1, 0.15) is 0 Å². The molecule has 0 spiro atoms. The zero-order chi connectivity index (χ0) is 24.7. The van der Waals surface area contributed by atoms with Gasteiger partial charge in [0.25, 0.3) is 0 Å². The molecular weight excluding hydrogens is 627 g/mol. The van der Waals surface area contributed by atoms with Gasteiger partial charge in [0, 0.05) is 31.7 Å². The van der Waals surface area contributed by atoms with Crippen LogP contribution >= 0.6 is 23.2 Å². The first kappa shape index (κ1) is 33.7. The average molecular weight is 658 g/mol. The van der Waals surface area contributed by atoms with Crippen LogP contribution in [0.4, 0.5) is 0 Å². The molecule has 198 valence electrons. The van der Waals surface area contributed by atoms with Crippen molar-refractivity contribution in [1.82, 2.24) is 9.80 Å². The Morgan fingerprint density at radius 1 is 1.22 bits per heavy atom. The molecule has 1 unspecified atom stereocenters. The first-order valence-corrected chi connectivity index (χ1v) is 13.4. The largest absolute Gasteiger partial charge is 5.00 e. The van der Waals surface area contributed by atoms with Crippen molar-refractivity contribution in [3.8, 4) is 0 Å². The second kappa shape index (κ2) is 16.6. The smallest absolute Gasteiger partial charge is 2.00 e. The van der Waals surface area contributed by atoms with Crippen molar-refractivity contribution < 1.29 is 40.2 Å². The molecule has 0 aliphatic carbocycles. The van der Waals surface area contributed by atoms with Crippen LogP contribution in [0.5, 0.6) is 0 Å². The monoisotopic (exact) mass is 655 g/mol. The van der Waals surface area contributed by atoms with Gasteiger partial charge in [-0.15, -0.1) is 0 Å². The number of methoxy groups -OCH3 is 1. The summed E-state index contributed by atoms with van der Waals surface area (Å²) in [5, 5.41) is 13.0. The quantitative estimate of drug-likeness (QED) is 0.148. The van der Waals surface area contributed by atoms with E-state index in [2.05, 4.69) is 14.8 Å². The Bertz CT molecular complexity index is 939. The van der Waals surface area contributed by atoms with Gasteiger partial charge in [-0.3, -0.25) is 4.90 Å². The van der Waals surface area contributed by atoms with Gasteiger partial charge in [-0.25, -0.2) is 4.79 Å². The zero-order valence-electron chi connectivity index (χ0n) is 20.1. The first-order chi connectivity index (χ1) is 16.4. The van der Waals surface area contributed by atoms with Gasteiger partial charge in [-0.2, -0.15) is 11.5 Å². The van der Waals surface area contributed by atoms with Gasteiger partial charge >= 0.3 is 26.1 Å². The van der Waals surface area contributed by atoms with Crippen molar-refractivity contribution >= 4 is 65.9 Å². The van der Waals surface area contributed by atoms with E-state index in [-0.39, 0.29) is 50.0 Å². The van der Waals surface area contributed by atoms with E-state index in [1.807, 2.05) is 12.1 Å². The van der Waals surface area contributed by atoms with Gasteiger partial charge in [0.2, 0.25) is 0 Å². The van der Waals surface area contributed by atoms with Crippen LogP contribution in [0.1, 0.15) is 31.2 Å². The minimum atomic E-state index is -0.293. The SMILES string of the molecule is COC(=O)C1=C(c2ccc(Cl)c(Cl)c2)CC2CC[C@H]1N2CCCN(CC[S-])CC([O-])=NCC[S-].[O-2].[Tc+5]. The van der Waals surface area contributed by atoms with Crippen molar-refractivity contribution in [2.24, 2.45) is 4.99 Å². The van der Waals surface area contributed by atoms with Crippen LogP contribution in [0.2, 0.25) is 10.0 Å². The molecule has 3 rings (SSSR count). The fourth-order valence-electron chi connectivity index (χ4n) is 4.96. The van der Waals surface area contributed by atoms with Crippen LogP contribution in [0, 0.1) is 0 Å². The van der Waals surface area contributed by atoms with Crippen LogP contribution in [0.25, 0.3) is 5.57 Å². The second-order valence-corrected chi connectivity index (χ2v) is 10.1. The number of benzene rings is 1. The number of carbonyl (C=O) groups is 1. The maximum atomic E-state index is 12.9. The molecule has 1 aromatic rings. The molecule has 2 heterocycles. The number of aliphatic imine (C=N–C) groups is 1. The molecule has 0 amide bonds. The molecule has 7 nitrogen and oxygen atoms in total. The number of ether oxygens (including phenoxy) is 1. The van der Waals surface area contributed by atoms with E-state index in [9.17, 15) is 9.90 Å². The van der Waals surface area contributed by atoms with Crippen LogP contribution in [-0.2, 0) is 60.4 Å². The van der Waals surface area contributed by atoms with E-state index in [1.165, 1.54) is 7.11 Å². The molecule has 0 radical (unpaired) electrons. The molecule has 36 heavy (non-hydrogen) atoms. The fourth-order valence-corrected chi connectivity index (χ4v) is 5.61. The summed E-state index contributed by atoms with van der Waals surface area (Å²) in [6.07, 6.45) is 3.55. The van der Waals surface area contributed by atoms with E-state index in [0.29, 0.717) is 40.7 Å². The molecule has 1 fully saturated rings. The predicted molar refractivity (Wildman–Crippen MR) is 142 cm³/mol. The summed E-state index contributed by atoms with van der Waals surface area (Å²) in [5.41, 5.74) is 2.63. The zero-order valence-corrected chi connectivity index (χ0v) is 25.1. The fraction of sp³-hybridized carbons (Fsp3) is 0.583.